The molecule has 1 unspecified atom stereocenters. The number of benzene rings is 1. The largest absolute Gasteiger partial charge is 0.508 e. The molecule has 2 heterocycles. The Morgan fingerprint density at radius 2 is 1.91 bits per heavy atom. The first kappa shape index (κ1) is 25.9. The molecule has 1 fully saturated rings. The van der Waals surface area contributed by atoms with Crippen molar-refractivity contribution in [1.29, 1.82) is 0 Å². The average molecular weight is 483 g/mol. The number of rotatable bonds is 7. The zero-order chi connectivity index (χ0) is 25.2. The fourth-order valence-corrected chi connectivity index (χ4v) is 3.78. The second kappa shape index (κ2) is 10.7. The van der Waals surface area contributed by atoms with E-state index in [2.05, 4.69) is 9.84 Å². The highest BCUT2D eigenvalue weighted by Gasteiger charge is 2.46. The first-order valence-electron chi connectivity index (χ1n) is 10.9. The molecule has 1 aromatic heterocycles. The van der Waals surface area contributed by atoms with Crippen molar-refractivity contribution in [1.82, 2.24) is 9.78 Å². The number of aliphatic hydroxyl groups excluding tert-OH is 3. The summed E-state index contributed by atoms with van der Waals surface area (Å²) in [5.41, 5.74) is 2.54. The number of carbonyl (C=O) groups is 1. The zero-order valence-corrected chi connectivity index (χ0v) is 19.8. The minimum absolute atomic E-state index is 0.0372. The third kappa shape index (κ3) is 5.49. The van der Waals surface area contributed by atoms with Crippen molar-refractivity contribution in [3.8, 4) is 5.88 Å². The van der Waals surface area contributed by atoms with Gasteiger partial charge in [-0.25, -0.2) is 9.18 Å². The van der Waals surface area contributed by atoms with E-state index in [0.29, 0.717) is 11.1 Å². The molecule has 10 nitrogen and oxygen atoms in total. The fraction of sp³-hybridized carbons (Fsp3) is 0.565. The highest BCUT2D eigenvalue weighted by atomic mass is 19.1. The lowest BCUT2D eigenvalue weighted by Crippen LogP contribution is -2.60. The first-order chi connectivity index (χ1) is 16.0. The maximum Gasteiger partial charge on any atom is 0.508 e. The van der Waals surface area contributed by atoms with Crippen LogP contribution in [-0.2, 0) is 20.6 Å². The summed E-state index contributed by atoms with van der Waals surface area (Å²) in [6.07, 6.45) is -8.29. The number of hydrogen-bond donors (Lipinski definition) is 3. The van der Waals surface area contributed by atoms with Crippen LogP contribution in [0, 0.1) is 19.7 Å². The second-order valence-electron chi connectivity index (χ2n) is 8.58. The summed E-state index contributed by atoms with van der Waals surface area (Å²) >= 11 is 0. The number of nitrogens with zero attached hydrogens (tertiary/aromatic N) is 2. The molecule has 1 aromatic carbocycles. The molecule has 0 amide bonds. The van der Waals surface area contributed by atoms with Crippen LogP contribution in [0.3, 0.4) is 0 Å². The van der Waals surface area contributed by atoms with E-state index in [9.17, 15) is 24.5 Å². The van der Waals surface area contributed by atoms with Gasteiger partial charge in [0.1, 0.15) is 36.8 Å². The van der Waals surface area contributed by atoms with Crippen LogP contribution in [0.15, 0.2) is 18.2 Å². The van der Waals surface area contributed by atoms with Crippen LogP contribution >= 0.6 is 0 Å². The molecule has 1 aliphatic heterocycles. The minimum atomic E-state index is -1.64. The number of carbonyl (C=O) groups excluding carboxylic acids is 1. The third-order valence-corrected chi connectivity index (χ3v) is 5.73. The van der Waals surface area contributed by atoms with E-state index >= 15 is 0 Å². The number of aliphatic hydroxyl groups is 3. The van der Waals surface area contributed by atoms with Crippen LogP contribution in [0.25, 0.3) is 0 Å². The van der Waals surface area contributed by atoms with Crippen LogP contribution in [0.5, 0.6) is 5.88 Å². The predicted molar refractivity (Wildman–Crippen MR) is 117 cm³/mol. The molecule has 11 heteroatoms. The van der Waals surface area contributed by atoms with E-state index in [1.807, 2.05) is 20.8 Å². The van der Waals surface area contributed by atoms with Gasteiger partial charge in [0.25, 0.3) is 0 Å². The van der Waals surface area contributed by atoms with Crippen molar-refractivity contribution in [2.45, 2.75) is 70.9 Å². The molecule has 1 saturated heterocycles. The Balaban J connectivity index is 1.89. The van der Waals surface area contributed by atoms with Crippen molar-refractivity contribution in [2.75, 3.05) is 13.7 Å². The van der Waals surface area contributed by atoms with Crippen molar-refractivity contribution in [3.05, 3.63) is 46.4 Å². The van der Waals surface area contributed by atoms with Gasteiger partial charge in [-0.2, -0.15) is 0 Å². The number of hydrogen-bond acceptors (Lipinski definition) is 9. The van der Waals surface area contributed by atoms with Gasteiger partial charge in [-0.1, -0.05) is 12.1 Å². The van der Waals surface area contributed by atoms with E-state index in [1.165, 1.54) is 6.07 Å². The number of aromatic nitrogens is 2. The monoisotopic (exact) mass is 482 g/mol. The molecule has 5 atom stereocenters. The first-order valence-corrected chi connectivity index (χ1v) is 10.9. The van der Waals surface area contributed by atoms with E-state index in [1.54, 1.807) is 23.7 Å². The molecular weight excluding hydrogens is 451 g/mol. The molecule has 1 aliphatic rings. The van der Waals surface area contributed by atoms with E-state index in [0.717, 1.165) is 18.4 Å². The maximum absolute atomic E-state index is 14.6. The van der Waals surface area contributed by atoms with E-state index in [4.69, 9.17) is 14.2 Å². The van der Waals surface area contributed by atoms with Gasteiger partial charge < -0.3 is 34.3 Å². The van der Waals surface area contributed by atoms with Gasteiger partial charge in [-0.3, -0.25) is 4.68 Å². The number of ether oxygens (including phenoxy) is 4. The Bertz CT molecular complexity index is 1010. The summed E-state index contributed by atoms with van der Waals surface area (Å²) in [5.74, 6) is -0.276. The Morgan fingerprint density at radius 3 is 2.53 bits per heavy atom. The van der Waals surface area contributed by atoms with Gasteiger partial charge in [-0.15, -0.1) is 5.10 Å². The SMILES string of the molecule is COC(=O)OC[C@H]1OC(Oc2nn(C(C)C)c(C)c2Cc2ccc(C)cc2F)[C@H](O)[C@@H](O)[C@@H]1O. The van der Waals surface area contributed by atoms with E-state index in [-0.39, 0.29) is 24.2 Å². The highest BCUT2D eigenvalue weighted by Crippen LogP contribution is 2.31. The van der Waals surface area contributed by atoms with Crippen LogP contribution in [-0.4, -0.2) is 75.7 Å². The highest BCUT2D eigenvalue weighted by molar-refractivity contribution is 5.59. The van der Waals surface area contributed by atoms with Gasteiger partial charge >= 0.3 is 6.16 Å². The molecule has 0 spiro atoms. The minimum Gasteiger partial charge on any atom is -0.443 e. The summed E-state index contributed by atoms with van der Waals surface area (Å²) in [5, 5.41) is 35.4. The smallest absolute Gasteiger partial charge is 0.443 e. The van der Waals surface area contributed by atoms with Crippen LogP contribution in [0.4, 0.5) is 9.18 Å². The van der Waals surface area contributed by atoms with Crippen molar-refractivity contribution >= 4 is 6.16 Å². The molecule has 0 bridgehead atoms. The normalized spacial score (nSPS) is 24.8. The van der Waals surface area contributed by atoms with E-state index < -0.39 is 43.5 Å². The van der Waals surface area contributed by atoms with Crippen LogP contribution in [0.2, 0.25) is 0 Å². The molecule has 2 aromatic rings. The molecular formula is C23H31FN2O8. The number of aryl methyl sites for hydroxylation is 1. The summed E-state index contributed by atoms with van der Waals surface area (Å²) in [4.78, 5) is 11.3. The molecule has 3 N–H and O–H groups in total. The summed E-state index contributed by atoms with van der Waals surface area (Å²) in [6.45, 7) is 7.02. The Kier molecular flexibility index (Phi) is 8.13. The molecule has 34 heavy (non-hydrogen) atoms. The van der Waals surface area contributed by atoms with Crippen molar-refractivity contribution in [2.24, 2.45) is 0 Å². The zero-order valence-electron chi connectivity index (χ0n) is 19.8. The van der Waals surface area contributed by atoms with Gasteiger partial charge in [0.15, 0.2) is 0 Å². The van der Waals surface area contributed by atoms with Gasteiger partial charge in [0.05, 0.1) is 7.11 Å². The van der Waals surface area contributed by atoms with Crippen LogP contribution < -0.4 is 4.74 Å². The lowest BCUT2D eigenvalue weighted by atomic mass is 9.99. The number of halogens is 1. The summed E-state index contributed by atoms with van der Waals surface area (Å²) in [6, 6.07) is 4.89. The van der Waals surface area contributed by atoms with Crippen LogP contribution in [0.1, 0.15) is 42.3 Å². The lowest BCUT2D eigenvalue weighted by Gasteiger charge is -2.39. The average Bonchev–Trinajstić information content (AvgIpc) is 3.10. The Morgan fingerprint density at radius 1 is 1.21 bits per heavy atom. The summed E-state index contributed by atoms with van der Waals surface area (Å²) < 4.78 is 36.9. The molecule has 3 rings (SSSR count). The number of methoxy groups -OCH3 is 1. The second-order valence-corrected chi connectivity index (χ2v) is 8.58. The molecule has 0 saturated carbocycles. The standard InChI is InChI=1S/C23H31FN2O8/c1-11(2)26-13(4)15(9-14-7-6-12(3)8-16(14)24)21(25-26)34-22-20(29)19(28)18(27)17(33-22)10-32-23(30)31-5/h6-8,11,17-20,22,27-29H,9-10H2,1-5H3/t17-,18-,19+,20-,22?/m1/s1. The maximum atomic E-state index is 14.6. The fourth-order valence-electron chi connectivity index (χ4n) is 3.78. The molecule has 0 aliphatic carbocycles. The van der Waals surface area contributed by atoms with Crippen molar-refractivity contribution < 1.29 is 43.5 Å². The van der Waals surface area contributed by atoms with Gasteiger partial charge in [0.2, 0.25) is 12.2 Å². The quantitative estimate of drug-likeness (QED) is 0.505. The van der Waals surface area contributed by atoms with Crippen molar-refractivity contribution in [3.63, 3.8) is 0 Å². The third-order valence-electron chi connectivity index (χ3n) is 5.73. The molecule has 188 valence electrons. The topological polar surface area (TPSA) is 132 Å². The van der Waals surface area contributed by atoms with Gasteiger partial charge in [0, 0.05) is 23.7 Å². The lowest BCUT2D eigenvalue weighted by molar-refractivity contribution is -0.278. The van der Waals surface area contributed by atoms with Gasteiger partial charge in [-0.05, 0) is 44.9 Å². The Hall–Kier alpha value is -2.73. The summed E-state index contributed by atoms with van der Waals surface area (Å²) in [7, 11) is 1.12. The predicted octanol–water partition coefficient (Wildman–Crippen LogP) is 1.78. The Labute approximate surface area is 196 Å². The molecule has 0 radical (unpaired) electrons.